The van der Waals surface area contributed by atoms with Crippen LogP contribution in [0.15, 0.2) is 0 Å². The average Bonchev–Trinajstić information content (AvgIpc) is 2.29. The molecule has 0 aromatic heterocycles. The fourth-order valence-corrected chi connectivity index (χ4v) is 2.12. The lowest BCUT2D eigenvalue weighted by molar-refractivity contribution is -0.0371. The molecule has 2 heteroatoms. The first-order valence-electron chi connectivity index (χ1n) is 10.0. The van der Waals surface area contributed by atoms with E-state index in [9.17, 15) is 0 Å². The molecular formula is C23H50O2. The Morgan fingerprint density at radius 3 is 1.24 bits per heavy atom. The molecule has 0 aliphatic heterocycles. The predicted octanol–water partition coefficient (Wildman–Crippen LogP) is 7.36. The number of hydrogen-bond acceptors (Lipinski definition) is 2. The molecule has 0 amide bonds. The molecule has 0 radical (unpaired) electrons. The van der Waals surface area contributed by atoms with Crippen LogP contribution in [0.25, 0.3) is 0 Å². The summed E-state index contributed by atoms with van der Waals surface area (Å²) in [6.07, 6.45) is 1.23. The largest absolute Gasteiger partial charge is 0.376 e. The minimum Gasteiger partial charge on any atom is -0.376 e. The summed E-state index contributed by atoms with van der Waals surface area (Å²) >= 11 is 0. The first-order valence-corrected chi connectivity index (χ1v) is 10.0. The lowest BCUT2D eigenvalue weighted by Gasteiger charge is -2.30. The van der Waals surface area contributed by atoms with Crippen molar-refractivity contribution >= 4 is 0 Å². The van der Waals surface area contributed by atoms with Crippen LogP contribution in [0.4, 0.5) is 0 Å². The van der Waals surface area contributed by atoms with Crippen LogP contribution < -0.4 is 0 Å². The molecule has 0 heterocycles. The Morgan fingerprint density at radius 1 is 0.600 bits per heavy atom. The maximum absolute atomic E-state index is 5.74. The van der Waals surface area contributed by atoms with Crippen molar-refractivity contribution in [2.75, 3.05) is 13.2 Å². The quantitative estimate of drug-likeness (QED) is 0.511. The van der Waals surface area contributed by atoms with Crippen LogP contribution >= 0.6 is 0 Å². The molecule has 2 atom stereocenters. The van der Waals surface area contributed by atoms with E-state index in [4.69, 9.17) is 9.47 Å². The summed E-state index contributed by atoms with van der Waals surface area (Å²) in [5, 5.41) is 0. The highest BCUT2D eigenvalue weighted by atomic mass is 16.5. The molecule has 0 aromatic carbocycles. The zero-order chi connectivity index (χ0) is 20.7. The van der Waals surface area contributed by atoms with E-state index in [0.717, 1.165) is 13.2 Å². The Bertz CT molecular complexity index is 331. The van der Waals surface area contributed by atoms with Crippen molar-refractivity contribution in [3.8, 4) is 0 Å². The van der Waals surface area contributed by atoms with Gasteiger partial charge in [0.25, 0.3) is 0 Å². The van der Waals surface area contributed by atoms with Gasteiger partial charge in [-0.2, -0.15) is 0 Å². The van der Waals surface area contributed by atoms with E-state index in [-0.39, 0.29) is 11.2 Å². The zero-order valence-electron chi connectivity index (χ0n) is 20.1. The fraction of sp³-hybridized carbons (Fsp3) is 1.00. The Kier molecular flexibility index (Phi) is 11.2. The van der Waals surface area contributed by atoms with Gasteiger partial charge in [-0.3, -0.25) is 0 Å². The van der Waals surface area contributed by atoms with Crippen molar-refractivity contribution in [1.82, 2.24) is 0 Å². The van der Waals surface area contributed by atoms with Crippen LogP contribution in [0.3, 0.4) is 0 Å². The molecule has 0 N–H and O–H groups in total. The summed E-state index contributed by atoms with van der Waals surface area (Å²) < 4.78 is 11.5. The van der Waals surface area contributed by atoms with Crippen LogP contribution in [-0.4, -0.2) is 24.4 Å². The molecule has 25 heavy (non-hydrogen) atoms. The van der Waals surface area contributed by atoms with E-state index in [1.807, 2.05) is 0 Å². The minimum atomic E-state index is -0.000486. The van der Waals surface area contributed by atoms with Gasteiger partial charge in [0.1, 0.15) is 0 Å². The third-order valence-electron chi connectivity index (χ3n) is 4.01. The summed E-state index contributed by atoms with van der Waals surface area (Å²) in [4.78, 5) is 0. The minimum absolute atomic E-state index is 0.000486. The molecule has 0 spiro atoms. The molecule has 0 aliphatic rings. The van der Waals surface area contributed by atoms with E-state index in [1.54, 1.807) is 0 Å². The molecule has 0 bridgehead atoms. The van der Waals surface area contributed by atoms with E-state index < -0.39 is 0 Å². The van der Waals surface area contributed by atoms with Gasteiger partial charge in [-0.15, -0.1) is 0 Å². The van der Waals surface area contributed by atoms with Crippen molar-refractivity contribution in [1.29, 1.82) is 0 Å². The second kappa shape index (κ2) is 10.3. The third kappa shape index (κ3) is 21.9. The first kappa shape index (κ1) is 27.1. The van der Waals surface area contributed by atoms with Crippen molar-refractivity contribution in [3.05, 3.63) is 0 Å². The second-order valence-corrected chi connectivity index (χ2v) is 12.0. The van der Waals surface area contributed by atoms with Gasteiger partial charge in [0.05, 0.1) is 17.8 Å². The molecule has 0 aliphatic carbocycles. The standard InChI is InChI=1S/C12H26O.C11H24O/c1-10(8-11(2,3)4)9-13-12(5,6)7;1-9(10(2,3)4)8-12-11(5,6)7/h10H,8-9H2,1-7H3;9H,8H2,1-7H3. The lowest BCUT2D eigenvalue weighted by atomic mass is 9.83. The van der Waals surface area contributed by atoms with Crippen LogP contribution in [0.1, 0.15) is 103 Å². The Labute approximate surface area is 160 Å². The first-order chi connectivity index (χ1) is 10.7. The van der Waals surface area contributed by atoms with Gasteiger partial charge < -0.3 is 9.47 Å². The van der Waals surface area contributed by atoms with Crippen LogP contribution in [-0.2, 0) is 9.47 Å². The average molecular weight is 359 g/mol. The van der Waals surface area contributed by atoms with Gasteiger partial charge in [-0.1, -0.05) is 55.4 Å². The molecule has 154 valence electrons. The van der Waals surface area contributed by atoms with Gasteiger partial charge in [0, 0.05) is 6.61 Å². The summed E-state index contributed by atoms with van der Waals surface area (Å²) in [7, 11) is 0. The Hall–Kier alpha value is -0.0800. The van der Waals surface area contributed by atoms with Crippen molar-refractivity contribution in [3.63, 3.8) is 0 Å². The zero-order valence-corrected chi connectivity index (χ0v) is 20.1. The summed E-state index contributed by atoms with van der Waals surface area (Å²) in [5.74, 6) is 1.26. The highest BCUT2D eigenvalue weighted by molar-refractivity contribution is 4.71. The molecule has 0 aromatic rings. The van der Waals surface area contributed by atoms with E-state index in [0.29, 0.717) is 22.7 Å². The van der Waals surface area contributed by atoms with E-state index in [2.05, 4.69) is 96.9 Å². The van der Waals surface area contributed by atoms with Crippen LogP contribution in [0, 0.1) is 22.7 Å². The maximum atomic E-state index is 5.74. The molecule has 0 saturated carbocycles. The highest BCUT2D eigenvalue weighted by Crippen LogP contribution is 2.27. The molecule has 0 saturated heterocycles. The second-order valence-electron chi connectivity index (χ2n) is 12.0. The monoisotopic (exact) mass is 358 g/mol. The number of rotatable bonds is 5. The summed E-state index contributed by atoms with van der Waals surface area (Å²) in [6.45, 7) is 32.5. The molecule has 0 rings (SSSR count). The summed E-state index contributed by atoms with van der Waals surface area (Å²) in [6, 6.07) is 0. The molecule has 2 nitrogen and oxygen atoms in total. The molecule has 2 unspecified atom stereocenters. The Morgan fingerprint density at radius 2 is 0.960 bits per heavy atom. The smallest absolute Gasteiger partial charge is 0.0598 e. The van der Waals surface area contributed by atoms with Crippen molar-refractivity contribution in [2.24, 2.45) is 22.7 Å². The van der Waals surface area contributed by atoms with E-state index in [1.165, 1.54) is 6.42 Å². The van der Waals surface area contributed by atoms with Crippen molar-refractivity contribution in [2.45, 2.75) is 115 Å². The number of hydrogen-bond donors (Lipinski definition) is 0. The van der Waals surface area contributed by atoms with Gasteiger partial charge in [0.2, 0.25) is 0 Å². The normalized spacial score (nSPS) is 16.1. The fourth-order valence-electron chi connectivity index (χ4n) is 2.12. The number of ether oxygens (including phenoxy) is 2. The topological polar surface area (TPSA) is 18.5 Å². The van der Waals surface area contributed by atoms with Crippen LogP contribution in [0.5, 0.6) is 0 Å². The maximum Gasteiger partial charge on any atom is 0.0598 e. The van der Waals surface area contributed by atoms with Gasteiger partial charge in [0.15, 0.2) is 0 Å². The van der Waals surface area contributed by atoms with Crippen LogP contribution in [0.2, 0.25) is 0 Å². The summed E-state index contributed by atoms with van der Waals surface area (Å²) in [5.41, 5.74) is 0.775. The van der Waals surface area contributed by atoms with Crippen molar-refractivity contribution < 1.29 is 9.47 Å². The Balaban J connectivity index is 0. The SMILES string of the molecule is CC(COC(C)(C)C)C(C)(C)C.CC(COC(C)(C)C)CC(C)(C)C. The van der Waals surface area contributed by atoms with Gasteiger partial charge >= 0.3 is 0 Å². The third-order valence-corrected chi connectivity index (χ3v) is 4.01. The highest BCUT2D eigenvalue weighted by Gasteiger charge is 2.22. The van der Waals surface area contributed by atoms with E-state index >= 15 is 0 Å². The van der Waals surface area contributed by atoms with Gasteiger partial charge in [-0.05, 0) is 70.6 Å². The lowest BCUT2D eigenvalue weighted by Crippen LogP contribution is -2.28. The molecular weight excluding hydrogens is 308 g/mol. The predicted molar refractivity (Wildman–Crippen MR) is 113 cm³/mol. The van der Waals surface area contributed by atoms with Gasteiger partial charge in [-0.25, -0.2) is 0 Å². The molecule has 0 fully saturated rings.